The van der Waals surface area contributed by atoms with Crippen molar-refractivity contribution in [2.45, 2.75) is 38.8 Å². The van der Waals surface area contributed by atoms with Gasteiger partial charge in [-0.3, -0.25) is 9.59 Å². The lowest BCUT2D eigenvalue weighted by Crippen LogP contribution is -2.42. The minimum Gasteiger partial charge on any atom is -0.497 e. The zero-order valence-corrected chi connectivity index (χ0v) is 14.4. The summed E-state index contributed by atoms with van der Waals surface area (Å²) < 4.78 is 10.6. The number of rotatable bonds is 8. The van der Waals surface area contributed by atoms with E-state index in [1.165, 1.54) is 0 Å². The van der Waals surface area contributed by atoms with Gasteiger partial charge in [0.1, 0.15) is 5.75 Å². The molecular formula is C18H26N2O4. The summed E-state index contributed by atoms with van der Waals surface area (Å²) >= 11 is 0. The Kier molecular flexibility index (Phi) is 7.06. The second-order valence-electron chi connectivity index (χ2n) is 5.96. The van der Waals surface area contributed by atoms with Crippen LogP contribution in [-0.4, -0.2) is 49.6 Å². The van der Waals surface area contributed by atoms with Crippen LogP contribution in [0.5, 0.6) is 5.75 Å². The van der Waals surface area contributed by atoms with Gasteiger partial charge >= 0.3 is 0 Å². The molecule has 0 spiro atoms. The lowest BCUT2D eigenvalue weighted by Gasteiger charge is -2.23. The molecule has 0 aromatic heterocycles. The van der Waals surface area contributed by atoms with Gasteiger partial charge in [0.2, 0.25) is 11.8 Å². The van der Waals surface area contributed by atoms with Crippen molar-refractivity contribution < 1.29 is 19.1 Å². The molecule has 24 heavy (non-hydrogen) atoms. The number of ether oxygens (including phenoxy) is 2. The monoisotopic (exact) mass is 334 g/mol. The minimum atomic E-state index is -0.0415. The highest BCUT2D eigenvalue weighted by Gasteiger charge is 2.26. The van der Waals surface area contributed by atoms with Crippen LogP contribution >= 0.6 is 0 Å². The van der Waals surface area contributed by atoms with Crippen LogP contribution < -0.4 is 10.1 Å². The van der Waals surface area contributed by atoms with Gasteiger partial charge in [-0.25, -0.2) is 0 Å². The molecular weight excluding hydrogens is 308 g/mol. The predicted octanol–water partition coefficient (Wildman–Crippen LogP) is 1.73. The Hall–Kier alpha value is -2.08. The van der Waals surface area contributed by atoms with Crippen LogP contribution in [0.4, 0.5) is 0 Å². The molecule has 1 atom stereocenters. The molecule has 0 saturated carbocycles. The van der Waals surface area contributed by atoms with Crippen molar-refractivity contribution >= 4 is 11.8 Å². The van der Waals surface area contributed by atoms with Gasteiger partial charge in [-0.2, -0.15) is 0 Å². The number of hydrogen-bond donors (Lipinski definition) is 1. The third-order valence-corrected chi connectivity index (χ3v) is 4.22. The topological polar surface area (TPSA) is 67.9 Å². The van der Waals surface area contributed by atoms with E-state index in [4.69, 9.17) is 9.47 Å². The fourth-order valence-electron chi connectivity index (χ4n) is 2.86. The van der Waals surface area contributed by atoms with Crippen molar-refractivity contribution in [1.29, 1.82) is 0 Å². The Bertz CT molecular complexity index is 544. The van der Waals surface area contributed by atoms with Gasteiger partial charge in [0, 0.05) is 32.5 Å². The van der Waals surface area contributed by atoms with E-state index >= 15 is 0 Å². The lowest BCUT2D eigenvalue weighted by molar-refractivity contribution is -0.130. The van der Waals surface area contributed by atoms with Crippen LogP contribution in [0, 0.1) is 0 Å². The summed E-state index contributed by atoms with van der Waals surface area (Å²) in [5.74, 6) is 0.847. The Labute approximate surface area is 143 Å². The molecule has 1 N–H and O–H groups in total. The highest BCUT2D eigenvalue weighted by molar-refractivity contribution is 5.76. The molecule has 1 saturated heterocycles. The predicted molar refractivity (Wildman–Crippen MR) is 90.7 cm³/mol. The fourth-order valence-corrected chi connectivity index (χ4v) is 2.86. The van der Waals surface area contributed by atoms with Crippen LogP contribution in [0.1, 0.15) is 31.7 Å². The summed E-state index contributed by atoms with van der Waals surface area (Å²) in [5, 5.41) is 2.89. The number of benzene rings is 1. The summed E-state index contributed by atoms with van der Waals surface area (Å²) in [6, 6.07) is 7.78. The molecule has 2 rings (SSSR count). The van der Waals surface area contributed by atoms with E-state index in [9.17, 15) is 9.59 Å². The maximum atomic E-state index is 11.9. The van der Waals surface area contributed by atoms with E-state index < -0.39 is 0 Å². The molecule has 1 aliphatic rings. The number of carbonyl (C=O) groups excluding carboxylic acids is 2. The first-order chi connectivity index (χ1) is 11.6. The van der Waals surface area contributed by atoms with Gasteiger partial charge in [0.05, 0.1) is 20.3 Å². The smallest absolute Gasteiger partial charge is 0.222 e. The molecule has 0 aliphatic carbocycles. The normalized spacial score (nSPS) is 16.9. The third-order valence-electron chi connectivity index (χ3n) is 4.22. The molecule has 1 aromatic carbocycles. The van der Waals surface area contributed by atoms with Gasteiger partial charge in [0.15, 0.2) is 0 Å². The Morgan fingerprint density at radius 1 is 1.29 bits per heavy atom. The van der Waals surface area contributed by atoms with Crippen molar-refractivity contribution in [1.82, 2.24) is 10.2 Å². The molecule has 1 aromatic rings. The van der Waals surface area contributed by atoms with Gasteiger partial charge in [0.25, 0.3) is 0 Å². The van der Waals surface area contributed by atoms with E-state index in [1.807, 2.05) is 29.2 Å². The van der Waals surface area contributed by atoms with Gasteiger partial charge < -0.3 is 19.7 Å². The Morgan fingerprint density at radius 2 is 2.04 bits per heavy atom. The van der Waals surface area contributed by atoms with Crippen LogP contribution in [-0.2, 0) is 20.9 Å². The van der Waals surface area contributed by atoms with Crippen molar-refractivity contribution in [3.63, 3.8) is 0 Å². The SMILES string of the molecule is COc1ccc(COCCC(=O)NCC2CCCN2C(C)=O)cc1. The average molecular weight is 334 g/mol. The summed E-state index contributed by atoms with van der Waals surface area (Å²) in [4.78, 5) is 25.2. The quantitative estimate of drug-likeness (QED) is 0.735. The molecule has 6 heteroatoms. The maximum Gasteiger partial charge on any atom is 0.222 e. The molecule has 1 aliphatic heterocycles. The Balaban J connectivity index is 1.60. The van der Waals surface area contributed by atoms with E-state index in [1.54, 1.807) is 14.0 Å². The summed E-state index contributed by atoms with van der Waals surface area (Å²) in [6.07, 6.45) is 2.28. The second-order valence-corrected chi connectivity index (χ2v) is 5.96. The molecule has 1 fully saturated rings. The number of carbonyl (C=O) groups is 2. The zero-order valence-electron chi connectivity index (χ0n) is 14.4. The molecule has 2 amide bonds. The van der Waals surface area contributed by atoms with E-state index in [0.717, 1.165) is 30.7 Å². The summed E-state index contributed by atoms with van der Waals surface area (Å²) in [7, 11) is 1.63. The highest BCUT2D eigenvalue weighted by Crippen LogP contribution is 2.16. The summed E-state index contributed by atoms with van der Waals surface area (Å²) in [6.45, 7) is 3.74. The number of likely N-dealkylation sites (tertiary alicyclic amines) is 1. The van der Waals surface area contributed by atoms with Crippen molar-refractivity contribution in [2.24, 2.45) is 0 Å². The van der Waals surface area contributed by atoms with Crippen molar-refractivity contribution in [3.05, 3.63) is 29.8 Å². The number of nitrogens with zero attached hydrogens (tertiary/aromatic N) is 1. The van der Waals surface area contributed by atoms with E-state index in [0.29, 0.717) is 26.2 Å². The average Bonchev–Trinajstić information content (AvgIpc) is 3.06. The number of hydrogen-bond acceptors (Lipinski definition) is 4. The van der Waals surface area contributed by atoms with Crippen LogP contribution in [0.3, 0.4) is 0 Å². The standard InChI is InChI=1S/C18H26N2O4/c1-14(21)20-10-3-4-16(20)12-19-18(22)9-11-24-13-15-5-7-17(23-2)8-6-15/h5-8,16H,3-4,9-13H2,1-2H3,(H,19,22). The van der Waals surface area contributed by atoms with Crippen molar-refractivity contribution in [2.75, 3.05) is 26.8 Å². The molecule has 6 nitrogen and oxygen atoms in total. The molecule has 1 heterocycles. The maximum absolute atomic E-state index is 11.9. The van der Waals surface area contributed by atoms with Gasteiger partial charge in [-0.1, -0.05) is 12.1 Å². The molecule has 1 unspecified atom stereocenters. The molecule has 0 radical (unpaired) electrons. The van der Waals surface area contributed by atoms with Gasteiger partial charge in [-0.15, -0.1) is 0 Å². The molecule has 132 valence electrons. The Morgan fingerprint density at radius 3 is 2.71 bits per heavy atom. The van der Waals surface area contributed by atoms with Gasteiger partial charge in [-0.05, 0) is 30.5 Å². The second kappa shape index (κ2) is 9.27. The van der Waals surface area contributed by atoms with Crippen molar-refractivity contribution in [3.8, 4) is 5.75 Å². The van der Waals surface area contributed by atoms with E-state index in [2.05, 4.69) is 5.32 Å². The first kappa shape index (κ1) is 18.3. The first-order valence-electron chi connectivity index (χ1n) is 8.34. The zero-order chi connectivity index (χ0) is 17.4. The lowest BCUT2D eigenvalue weighted by atomic mass is 10.2. The highest BCUT2D eigenvalue weighted by atomic mass is 16.5. The van der Waals surface area contributed by atoms with Crippen LogP contribution in [0.15, 0.2) is 24.3 Å². The van der Waals surface area contributed by atoms with Crippen LogP contribution in [0.2, 0.25) is 0 Å². The van der Waals surface area contributed by atoms with Crippen LogP contribution in [0.25, 0.3) is 0 Å². The number of nitrogens with one attached hydrogen (secondary N) is 1. The minimum absolute atomic E-state index is 0.0415. The fraction of sp³-hybridized carbons (Fsp3) is 0.556. The largest absolute Gasteiger partial charge is 0.497 e. The third kappa shape index (κ3) is 5.53. The summed E-state index contributed by atoms with van der Waals surface area (Å²) in [5.41, 5.74) is 1.04. The molecule has 0 bridgehead atoms. The first-order valence-corrected chi connectivity index (χ1v) is 8.34. The number of methoxy groups -OCH3 is 1. The number of amides is 2. The van der Waals surface area contributed by atoms with E-state index in [-0.39, 0.29) is 17.9 Å².